The van der Waals surface area contributed by atoms with E-state index in [2.05, 4.69) is 10.3 Å². The Labute approximate surface area is 156 Å². The zero-order valence-electron chi connectivity index (χ0n) is 15.5. The first kappa shape index (κ1) is 18.4. The molecule has 140 valence electrons. The van der Waals surface area contributed by atoms with Gasteiger partial charge in [0.1, 0.15) is 11.2 Å². The average Bonchev–Trinajstić information content (AvgIpc) is 2.70. The van der Waals surface area contributed by atoms with Crippen LogP contribution in [0.1, 0.15) is 15.9 Å². The summed E-state index contributed by atoms with van der Waals surface area (Å²) in [5.41, 5.74) is 1.27. The number of amides is 1. The number of pyridine rings is 2. The molecule has 0 saturated heterocycles. The number of nitrogens with one attached hydrogen (secondary N) is 1. The predicted molar refractivity (Wildman–Crippen MR) is 103 cm³/mol. The standard InChI is InChI=1S/C20H21N3O4/c1-23-18-14(5-4-9-21-18)12-15(20(23)25)19(24)22-10-8-13-6-7-16(26-2)17(11-13)27-3/h4-7,9,11-12H,8,10H2,1-3H3,(H,22,24). The van der Waals surface area contributed by atoms with Gasteiger partial charge in [-0.1, -0.05) is 6.07 Å². The minimum Gasteiger partial charge on any atom is -0.493 e. The molecule has 0 aliphatic carbocycles. The summed E-state index contributed by atoms with van der Waals surface area (Å²) in [6.07, 6.45) is 2.21. The number of hydrogen-bond donors (Lipinski definition) is 1. The first-order chi connectivity index (χ1) is 13.0. The third-order valence-electron chi connectivity index (χ3n) is 4.36. The number of benzene rings is 1. The van der Waals surface area contributed by atoms with Gasteiger partial charge in [-0.3, -0.25) is 14.2 Å². The van der Waals surface area contributed by atoms with Gasteiger partial charge in [-0.15, -0.1) is 0 Å². The number of aryl methyl sites for hydroxylation is 1. The summed E-state index contributed by atoms with van der Waals surface area (Å²) in [6.45, 7) is 0.391. The van der Waals surface area contributed by atoms with Crippen LogP contribution in [0.5, 0.6) is 11.5 Å². The molecule has 1 amide bonds. The summed E-state index contributed by atoms with van der Waals surface area (Å²) in [4.78, 5) is 29.1. The molecule has 0 unspecified atom stereocenters. The maximum atomic E-state index is 12.5. The molecule has 0 saturated carbocycles. The van der Waals surface area contributed by atoms with Gasteiger partial charge < -0.3 is 14.8 Å². The molecule has 0 fully saturated rings. The number of aromatic nitrogens is 2. The minimum atomic E-state index is -0.401. The van der Waals surface area contributed by atoms with Crippen LogP contribution in [0.4, 0.5) is 0 Å². The molecule has 1 aromatic carbocycles. The van der Waals surface area contributed by atoms with Crippen LogP contribution in [0.3, 0.4) is 0 Å². The third-order valence-corrected chi connectivity index (χ3v) is 4.36. The molecule has 1 N–H and O–H groups in total. The van der Waals surface area contributed by atoms with E-state index in [-0.39, 0.29) is 11.1 Å². The molecule has 3 rings (SSSR count). The van der Waals surface area contributed by atoms with Crippen molar-refractivity contribution in [1.82, 2.24) is 14.9 Å². The fourth-order valence-electron chi connectivity index (χ4n) is 2.91. The predicted octanol–water partition coefficient (Wildman–Crippen LogP) is 1.92. The third kappa shape index (κ3) is 3.76. The van der Waals surface area contributed by atoms with Gasteiger partial charge in [-0.05, 0) is 42.3 Å². The number of methoxy groups -OCH3 is 2. The second-order valence-electron chi connectivity index (χ2n) is 6.03. The Morgan fingerprint density at radius 3 is 2.67 bits per heavy atom. The van der Waals surface area contributed by atoms with E-state index in [1.807, 2.05) is 24.3 Å². The Bertz CT molecular complexity index is 1040. The quantitative estimate of drug-likeness (QED) is 0.720. The van der Waals surface area contributed by atoms with E-state index in [1.165, 1.54) is 4.57 Å². The normalized spacial score (nSPS) is 10.6. The highest BCUT2D eigenvalue weighted by Crippen LogP contribution is 2.27. The molecule has 0 atom stereocenters. The summed E-state index contributed by atoms with van der Waals surface area (Å²) < 4.78 is 11.9. The van der Waals surface area contributed by atoms with Crippen LogP contribution in [0, 0.1) is 0 Å². The van der Waals surface area contributed by atoms with Gasteiger partial charge in [0.25, 0.3) is 11.5 Å². The zero-order chi connectivity index (χ0) is 19.4. The molecule has 0 aliphatic heterocycles. The van der Waals surface area contributed by atoms with Crippen LogP contribution in [0.25, 0.3) is 11.0 Å². The van der Waals surface area contributed by atoms with E-state index in [9.17, 15) is 9.59 Å². The van der Waals surface area contributed by atoms with Crippen LogP contribution < -0.4 is 20.3 Å². The summed E-state index contributed by atoms with van der Waals surface area (Å²) >= 11 is 0. The van der Waals surface area contributed by atoms with E-state index in [1.54, 1.807) is 39.6 Å². The molecule has 7 heteroatoms. The molecule has 0 aliphatic rings. The van der Waals surface area contributed by atoms with Crippen LogP contribution in [0.15, 0.2) is 47.4 Å². The molecule has 0 radical (unpaired) electrons. The largest absolute Gasteiger partial charge is 0.493 e. The first-order valence-corrected chi connectivity index (χ1v) is 8.49. The number of carbonyl (C=O) groups excluding carboxylic acids is 1. The van der Waals surface area contributed by atoms with Crippen LogP contribution in [0.2, 0.25) is 0 Å². The number of ether oxygens (including phenoxy) is 2. The molecule has 0 bridgehead atoms. The molecule has 3 aromatic rings. The lowest BCUT2D eigenvalue weighted by Gasteiger charge is -2.11. The highest BCUT2D eigenvalue weighted by atomic mass is 16.5. The van der Waals surface area contributed by atoms with Crippen molar-refractivity contribution in [3.8, 4) is 11.5 Å². The number of hydrogen-bond acceptors (Lipinski definition) is 5. The van der Waals surface area contributed by atoms with Gasteiger partial charge >= 0.3 is 0 Å². The lowest BCUT2D eigenvalue weighted by atomic mass is 10.1. The number of rotatable bonds is 6. The lowest BCUT2D eigenvalue weighted by molar-refractivity contribution is 0.0952. The Hall–Kier alpha value is -3.35. The fraction of sp³-hybridized carbons (Fsp3) is 0.250. The van der Waals surface area contributed by atoms with Crippen LogP contribution >= 0.6 is 0 Å². The van der Waals surface area contributed by atoms with E-state index in [0.29, 0.717) is 30.1 Å². The molecular weight excluding hydrogens is 346 g/mol. The number of nitrogens with zero attached hydrogens (tertiary/aromatic N) is 2. The van der Waals surface area contributed by atoms with Gasteiger partial charge in [-0.25, -0.2) is 4.98 Å². The van der Waals surface area contributed by atoms with Crippen molar-refractivity contribution in [2.45, 2.75) is 6.42 Å². The average molecular weight is 367 g/mol. The Morgan fingerprint density at radius 1 is 1.15 bits per heavy atom. The topological polar surface area (TPSA) is 82.5 Å². The smallest absolute Gasteiger partial charge is 0.264 e. The van der Waals surface area contributed by atoms with Crippen molar-refractivity contribution in [1.29, 1.82) is 0 Å². The summed E-state index contributed by atoms with van der Waals surface area (Å²) in [6, 6.07) is 10.8. The van der Waals surface area contributed by atoms with Gasteiger partial charge in [0.2, 0.25) is 0 Å². The van der Waals surface area contributed by atoms with Crippen molar-refractivity contribution in [3.05, 3.63) is 64.1 Å². The Balaban J connectivity index is 1.72. The Kier molecular flexibility index (Phi) is 5.40. The van der Waals surface area contributed by atoms with Gasteiger partial charge in [0.15, 0.2) is 11.5 Å². The van der Waals surface area contributed by atoms with Crippen molar-refractivity contribution in [3.63, 3.8) is 0 Å². The summed E-state index contributed by atoms with van der Waals surface area (Å²) in [7, 11) is 4.77. The monoisotopic (exact) mass is 367 g/mol. The molecule has 2 aromatic heterocycles. The highest BCUT2D eigenvalue weighted by Gasteiger charge is 2.14. The van der Waals surface area contributed by atoms with Crippen molar-refractivity contribution in [2.75, 3.05) is 20.8 Å². The Morgan fingerprint density at radius 2 is 1.93 bits per heavy atom. The van der Waals surface area contributed by atoms with Crippen LogP contribution in [-0.4, -0.2) is 36.2 Å². The number of carbonyl (C=O) groups is 1. The zero-order valence-corrected chi connectivity index (χ0v) is 15.5. The summed E-state index contributed by atoms with van der Waals surface area (Å²) in [5.74, 6) is 0.887. The van der Waals surface area contributed by atoms with E-state index in [4.69, 9.17) is 9.47 Å². The van der Waals surface area contributed by atoms with Crippen LogP contribution in [-0.2, 0) is 13.5 Å². The molecule has 0 spiro atoms. The molecule has 2 heterocycles. The second kappa shape index (κ2) is 7.90. The van der Waals surface area contributed by atoms with E-state index >= 15 is 0 Å². The fourth-order valence-corrected chi connectivity index (χ4v) is 2.91. The van der Waals surface area contributed by atoms with E-state index in [0.717, 1.165) is 10.9 Å². The second-order valence-corrected chi connectivity index (χ2v) is 6.03. The molecule has 27 heavy (non-hydrogen) atoms. The van der Waals surface area contributed by atoms with Crippen molar-refractivity contribution in [2.24, 2.45) is 7.05 Å². The van der Waals surface area contributed by atoms with Gasteiger partial charge in [0, 0.05) is 25.2 Å². The first-order valence-electron chi connectivity index (χ1n) is 8.49. The maximum absolute atomic E-state index is 12.5. The SMILES string of the molecule is COc1ccc(CCNC(=O)c2cc3cccnc3n(C)c2=O)cc1OC. The van der Waals surface area contributed by atoms with Gasteiger partial charge in [-0.2, -0.15) is 0 Å². The molecular formula is C20H21N3O4. The minimum absolute atomic E-state index is 0.102. The highest BCUT2D eigenvalue weighted by molar-refractivity contribution is 5.96. The van der Waals surface area contributed by atoms with E-state index < -0.39 is 5.91 Å². The maximum Gasteiger partial charge on any atom is 0.264 e. The lowest BCUT2D eigenvalue weighted by Crippen LogP contribution is -2.33. The summed E-state index contributed by atoms with van der Waals surface area (Å²) in [5, 5.41) is 3.54. The van der Waals surface area contributed by atoms with Crippen molar-refractivity contribution < 1.29 is 14.3 Å². The molecule has 7 nitrogen and oxygen atoms in total. The number of fused-ring (bicyclic) bond motifs is 1. The van der Waals surface area contributed by atoms with Crippen molar-refractivity contribution >= 4 is 16.9 Å². The van der Waals surface area contributed by atoms with Gasteiger partial charge in [0.05, 0.1) is 14.2 Å².